The summed E-state index contributed by atoms with van der Waals surface area (Å²) in [4.78, 5) is 24.6. The van der Waals surface area contributed by atoms with Gasteiger partial charge in [0.15, 0.2) is 6.10 Å². The fourth-order valence-electron chi connectivity index (χ4n) is 8.67. The number of carbonyl (C=O) groups excluding carboxylic acids is 2. The molecule has 0 radical (unpaired) electrons. The number of ether oxygens (including phenoxy) is 2. The first-order valence-corrected chi connectivity index (χ1v) is 30.1. The summed E-state index contributed by atoms with van der Waals surface area (Å²) in [6, 6.07) is 0. The van der Waals surface area contributed by atoms with Crippen molar-refractivity contribution in [1.82, 2.24) is 0 Å². The van der Waals surface area contributed by atoms with Crippen LogP contribution in [0.15, 0.2) is 85.1 Å². The first-order chi connectivity index (χ1) is 34.6. The summed E-state index contributed by atoms with van der Waals surface area (Å²) in [5.41, 5.74) is 0. The molecule has 0 rings (SSSR count). The lowest BCUT2D eigenvalue weighted by Gasteiger charge is -2.15. The SMILES string of the molecule is CC/C=C\C/C=C\C/C=C\C/C=C\C/C=C\CCCCCCCCCCCCCCCCCC(=O)OC(CO)COC(=O)CCCCCCCCCCCCCCC/C=C\C/C=C\CCCCCCC. The third-order valence-electron chi connectivity index (χ3n) is 13.2. The number of esters is 2. The average Bonchev–Trinajstić information content (AvgIpc) is 3.36. The van der Waals surface area contributed by atoms with Gasteiger partial charge in [0, 0.05) is 12.8 Å². The van der Waals surface area contributed by atoms with Crippen LogP contribution >= 0.6 is 0 Å². The molecule has 0 saturated heterocycles. The summed E-state index contributed by atoms with van der Waals surface area (Å²) in [6.07, 6.45) is 84.2. The van der Waals surface area contributed by atoms with Crippen LogP contribution in [0.25, 0.3) is 0 Å². The molecule has 0 aromatic rings. The first-order valence-electron chi connectivity index (χ1n) is 30.1. The van der Waals surface area contributed by atoms with Crippen LogP contribution in [0.5, 0.6) is 0 Å². The summed E-state index contributed by atoms with van der Waals surface area (Å²) in [7, 11) is 0. The Bertz CT molecular complexity index is 1290. The first kappa shape index (κ1) is 67.1. The second-order valence-corrected chi connectivity index (χ2v) is 20.0. The Balaban J connectivity index is 3.47. The summed E-state index contributed by atoms with van der Waals surface area (Å²) in [5, 5.41) is 9.67. The van der Waals surface area contributed by atoms with Gasteiger partial charge in [-0.3, -0.25) is 9.59 Å². The van der Waals surface area contributed by atoms with Crippen molar-refractivity contribution >= 4 is 11.9 Å². The van der Waals surface area contributed by atoms with Gasteiger partial charge in [0.05, 0.1) is 6.61 Å². The van der Waals surface area contributed by atoms with Crippen molar-refractivity contribution in [2.75, 3.05) is 13.2 Å². The van der Waals surface area contributed by atoms with Crippen LogP contribution < -0.4 is 0 Å². The van der Waals surface area contributed by atoms with Gasteiger partial charge in [-0.2, -0.15) is 0 Å². The Labute approximate surface area is 435 Å². The van der Waals surface area contributed by atoms with Crippen LogP contribution in [0.2, 0.25) is 0 Å². The number of carbonyl (C=O) groups is 2. The van der Waals surface area contributed by atoms with Gasteiger partial charge >= 0.3 is 11.9 Å². The maximum atomic E-state index is 12.3. The molecule has 5 nitrogen and oxygen atoms in total. The highest BCUT2D eigenvalue weighted by molar-refractivity contribution is 5.70. The molecule has 0 amide bonds. The molecule has 0 heterocycles. The van der Waals surface area contributed by atoms with E-state index in [-0.39, 0.29) is 25.2 Å². The van der Waals surface area contributed by atoms with E-state index in [1.807, 2.05) is 0 Å². The van der Waals surface area contributed by atoms with Crippen molar-refractivity contribution in [2.45, 2.75) is 302 Å². The Morgan fingerprint density at radius 2 is 0.614 bits per heavy atom. The summed E-state index contributed by atoms with van der Waals surface area (Å²) in [6.45, 7) is 4.04. The lowest BCUT2D eigenvalue weighted by atomic mass is 10.0. The molecular formula is C65H114O5. The molecular weight excluding hydrogens is 861 g/mol. The molecule has 404 valence electrons. The number of aliphatic hydroxyl groups is 1. The van der Waals surface area contributed by atoms with E-state index in [1.165, 1.54) is 193 Å². The number of hydrogen-bond acceptors (Lipinski definition) is 5. The predicted octanol–water partition coefficient (Wildman–Crippen LogP) is 20.5. The van der Waals surface area contributed by atoms with Crippen molar-refractivity contribution in [3.05, 3.63) is 85.1 Å². The van der Waals surface area contributed by atoms with E-state index in [4.69, 9.17) is 9.47 Å². The second-order valence-electron chi connectivity index (χ2n) is 20.0. The van der Waals surface area contributed by atoms with Gasteiger partial charge in [0.1, 0.15) is 6.61 Å². The summed E-state index contributed by atoms with van der Waals surface area (Å²) < 4.78 is 10.7. The molecule has 0 saturated carbocycles. The molecule has 1 N–H and O–H groups in total. The molecule has 0 aliphatic heterocycles. The Morgan fingerprint density at radius 1 is 0.343 bits per heavy atom. The number of hydrogen-bond donors (Lipinski definition) is 1. The average molecular weight is 976 g/mol. The van der Waals surface area contributed by atoms with Crippen molar-refractivity contribution in [2.24, 2.45) is 0 Å². The van der Waals surface area contributed by atoms with Crippen LogP contribution in [0.1, 0.15) is 296 Å². The van der Waals surface area contributed by atoms with E-state index in [2.05, 4.69) is 98.9 Å². The number of aliphatic hydroxyl groups excluding tert-OH is 1. The van der Waals surface area contributed by atoms with Gasteiger partial charge in [-0.05, 0) is 89.9 Å². The van der Waals surface area contributed by atoms with E-state index >= 15 is 0 Å². The zero-order valence-corrected chi connectivity index (χ0v) is 46.3. The Hall–Kier alpha value is -2.92. The number of rotatable bonds is 55. The van der Waals surface area contributed by atoms with E-state index in [9.17, 15) is 14.7 Å². The maximum absolute atomic E-state index is 12.3. The molecule has 0 aromatic heterocycles. The Kier molecular flexibility index (Phi) is 57.9. The zero-order valence-electron chi connectivity index (χ0n) is 46.3. The maximum Gasteiger partial charge on any atom is 0.306 e. The van der Waals surface area contributed by atoms with Gasteiger partial charge in [0.2, 0.25) is 0 Å². The minimum atomic E-state index is -0.776. The lowest BCUT2D eigenvalue weighted by Crippen LogP contribution is -2.28. The minimum Gasteiger partial charge on any atom is -0.462 e. The summed E-state index contributed by atoms with van der Waals surface area (Å²) >= 11 is 0. The third kappa shape index (κ3) is 57.7. The quantitative estimate of drug-likeness (QED) is 0.0373. The van der Waals surface area contributed by atoms with Crippen molar-refractivity contribution in [3.8, 4) is 0 Å². The monoisotopic (exact) mass is 975 g/mol. The van der Waals surface area contributed by atoms with E-state index in [0.29, 0.717) is 12.8 Å². The highest BCUT2D eigenvalue weighted by atomic mass is 16.6. The predicted molar refractivity (Wildman–Crippen MR) is 306 cm³/mol. The molecule has 0 spiro atoms. The second kappa shape index (κ2) is 60.4. The third-order valence-corrected chi connectivity index (χ3v) is 13.2. The van der Waals surface area contributed by atoms with Crippen molar-refractivity contribution in [3.63, 3.8) is 0 Å². The van der Waals surface area contributed by atoms with Crippen LogP contribution in [-0.4, -0.2) is 36.4 Å². The molecule has 0 aliphatic rings. The lowest BCUT2D eigenvalue weighted by molar-refractivity contribution is -0.161. The van der Waals surface area contributed by atoms with Gasteiger partial charge < -0.3 is 14.6 Å². The molecule has 1 unspecified atom stereocenters. The van der Waals surface area contributed by atoms with E-state index < -0.39 is 6.10 Å². The van der Waals surface area contributed by atoms with E-state index in [1.54, 1.807) is 0 Å². The van der Waals surface area contributed by atoms with Crippen molar-refractivity contribution in [1.29, 1.82) is 0 Å². The highest BCUT2D eigenvalue weighted by Crippen LogP contribution is 2.17. The topological polar surface area (TPSA) is 72.8 Å². The van der Waals surface area contributed by atoms with Crippen molar-refractivity contribution < 1.29 is 24.2 Å². The van der Waals surface area contributed by atoms with Crippen LogP contribution in [0, 0.1) is 0 Å². The summed E-state index contributed by atoms with van der Waals surface area (Å²) in [5.74, 6) is -0.583. The van der Waals surface area contributed by atoms with Crippen LogP contribution in [-0.2, 0) is 19.1 Å². The minimum absolute atomic E-state index is 0.0666. The molecule has 0 bridgehead atoms. The molecule has 70 heavy (non-hydrogen) atoms. The van der Waals surface area contributed by atoms with Gasteiger partial charge in [-0.1, -0.05) is 279 Å². The van der Waals surface area contributed by atoms with Crippen LogP contribution in [0.4, 0.5) is 0 Å². The van der Waals surface area contributed by atoms with Gasteiger partial charge in [0.25, 0.3) is 0 Å². The number of allylic oxidation sites excluding steroid dienone is 14. The molecule has 0 fully saturated rings. The smallest absolute Gasteiger partial charge is 0.306 e. The standard InChI is InChI=1S/C65H114O5/c1-3-5-7-9-11-13-15-17-19-21-23-25-27-29-30-31-32-33-34-36-38-40-42-44-46-48-50-52-54-56-58-60-65(68)70-63(61-66)62-69-64(67)59-57-55-53-51-49-47-45-43-41-39-37-35-28-26-24-22-20-18-16-14-12-10-8-6-4-2/h5,7,11,13,16-19,22-25,29-30,63,66H,3-4,6,8-10,12,14-15,20-21,26-28,31-62H2,1-2H3/b7-5-,13-11-,18-16-,19-17-,24-22-,25-23-,30-29-. The fraction of sp³-hybridized carbons (Fsp3) is 0.754. The van der Waals surface area contributed by atoms with Gasteiger partial charge in [-0.25, -0.2) is 0 Å². The Morgan fingerprint density at radius 3 is 0.929 bits per heavy atom. The molecule has 0 aliphatic carbocycles. The molecule has 1 atom stereocenters. The number of unbranched alkanes of at least 4 members (excludes halogenated alkanes) is 33. The fourth-order valence-corrected chi connectivity index (χ4v) is 8.67. The zero-order chi connectivity index (χ0) is 50.6. The normalized spacial score (nSPS) is 12.8. The highest BCUT2D eigenvalue weighted by Gasteiger charge is 2.16. The molecule has 5 heteroatoms. The van der Waals surface area contributed by atoms with E-state index in [0.717, 1.165) is 77.0 Å². The largest absolute Gasteiger partial charge is 0.462 e. The molecule has 0 aromatic carbocycles. The van der Waals surface area contributed by atoms with Gasteiger partial charge in [-0.15, -0.1) is 0 Å². The van der Waals surface area contributed by atoms with Crippen LogP contribution in [0.3, 0.4) is 0 Å².